The lowest BCUT2D eigenvalue weighted by Crippen LogP contribution is -2.19. The van der Waals surface area contributed by atoms with Crippen LogP contribution >= 0.6 is 0 Å². The molecule has 0 radical (unpaired) electrons. The molecule has 0 fully saturated rings. The number of aromatic amines is 1. The Kier molecular flexibility index (Phi) is 8.05. The molecule has 0 unspecified atom stereocenters. The molecule has 0 atom stereocenters. The molecule has 42 heavy (non-hydrogen) atoms. The molecule has 5 aromatic rings. The Balaban J connectivity index is 1.34. The standard InChI is InChI=1S/C32H26N4O6/c1-3-41-27-18-21(12-17-26(27)42-32(38)23-13-15-24(16-14-23)36(39)40)19-33-35-31(37)30-28(22-9-5-4-6-10-22)25-11-7-8-20(2)29(25)34-30/h4-19,34H,3H2,1-2H3,(H,35,37). The van der Waals surface area contributed by atoms with E-state index in [2.05, 4.69) is 15.5 Å². The Bertz CT molecular complexity index is 1810. The number of aromatic nitrogens is 1. The molecule has 1 heterocycles. The summed E-state index contributed by atoms with van der Waals surface area (Å²) in [5.41, 5.74) is 7.19. The zero-order valence-corrected chi connectivity index (χ0v) is 22.8. The molecule has 0 aliphatic heterocycles. The summed E-state index contributed by atoms with van der Waals surface area (Å²) in [6.45, 7) is 4.08. The van der Waals surface area contributed by atoms with E-state index in [4.69, 9.17) is 9.47 Å². The zero-order chi connectivity index (χ0) is 29.6. The number of esters is 1. The van der Waals surface area contributed by atoms with Gasteiger partial charge in [0.05, 0.1) is 23.3 Å². The number of para-hydroxylation sites is 1. The maximum Gasteiger partial charge on any atom is 0.343 e. The number of fused-ring (bicyclic) bond motifs is 1. The van der Waals surface area contributed by atoms with Gasteiger partial charge in [0.25, 0.3) is 11.6 Å². The Hall–Kier alpha value is -5.77. The second-order valence-electron chi connectivity index (χ2n) is 9.27. The molecule has 1 amide bonds. The third-order valence-corrected chi connectivity index (χ3v) is 6.50. The van der Waals surface area contributed by atoms with E-state index in [0.29, 0.717) is 23.6 Å². The monoisotopic (exact) mass is 562 g/mol. The first-order valence-corrected chi connectivity index (χ1v) is 13.1. The van der Waals surface area contributed by atoms with Gasteiger partial charge >= 0.3 is 5.97 Å². The predicted octanol–water partition coefficient (Wildman–Crippen LogP) is 6.43. The van der Waals surface area contributed by atoms with Crippen LogP contribution in [0.25, 0.3) is 22.0 Å². The number of non-ortho nitro benzene ring substituents is 1. The van der Waals surface area contributed by atoms with Crippen LogP contribution in [-0.2, 0) is 0 Å². The largest absolute Gasteiger partial charge is 0.490 e. The Morgan fingerprint density at radius 3 is 2.45 bits per heavy atom. The summed E-state index contributed by atoms with van der Waals surface area (Å²) in [4.78, 5) is 39.5. The highest BCUT2D eigenvalue weighted by molar-refractivity contribution is 6.10. The third kappa shape index (κ3) is 5.87. The second-order valence-corrected chi connectivity index (χ2v) is 9.27. The van der Waals surface area contributed by atoms with Gasteiger partial charge in [0.1, 0.15) is 5.69 Å². The van der Waals surface area contributed by atoms with E-state index in [0.717, 1.165) is 27.6 Å². The molecular formula is C32H26N4O6. The molecule has 10 nitrogen and oxygen atoms in total. The normalized spacial score (nSPS) is 11.0. The minimum Gasteiger partial charge on any atom is -0.490 e. The van der Waals surface area contributed by atoms with Crippen LogP contribution in [0.1, 0.15) is 38.9 Å². The summed E-state index contributed by atoms with van der Waals surface area (Å²) in [5, 5.41) is 16.0. The number of hydrogen-bond acceptors (Lipinski definition) is 7. The van der Waals surface area contributed by atoms with Crippen LogP contribution in [0.5, 0.6) is 11.5 Å². The number of nitrogens with zero attached hydrogens (tertiary/aromatic N) is 2. The fourth-order valence-corrected chi connectivity index (χ4v) is 4.50. The van der Waals surface area contributed by atoms with Crippen molar-refractivity contribution in [1.29, 1.82) is 0 Å². The number of hydrogen-bond donors (Lipinski definition) is 2. The smallest absolute Gasteiger partial charge is 0.343 e. The van der Waals surface area contributed by atoms with Crippen LogP contribution in [0, 0.1) is 17.0 Å². The number of nitro groups is 1. The van der Waals surface area contributed by atoms with E-state index in [-0.39, 0.29) is 17.0 Å². The number of nitro benzene ring substituents is 1. The average molecular weight is 563 g/mol. The number of benzene rings is 4. The minimum atomic E-state index is -0.692. The van der Waals surface area contributed by atoms with Gasteiger partial charge in [-0.1, -0.05) is 48.5 Å². The highest BCUT2D eigenvalue weighted by Crippen LogP contribution is 2.34. The summed E-state index contributed by atoms with van der Waals surface area (Å²) in [7, 11) is 0. The van der Waals surface area contributed by atoms with Crippen molar-refractivity contribution < 1.29 is 24.0 Å². The van der Waals surface area contributed by atoms with E-state index in [1.54, 1.807) is 25.1 Å². The van der Waals surface area contributed by atoms with E-state index in [1.165, 1.54) is 30.5 Å². The topological polar surface area (TPSA) is 136 Å². The Morgan fingerprint density at radius 1 is 0.976 bits per heavy atom. The Morgan fingerprint density at radius 2 is 1.74 bits per heavy atom. The minimum absolute atomic E-state index is 0.131. The molecule has 0 aliphatic carbocycles. The van der Waals surface area contributed by atoms with E-state index >= 15 is 0 Å². The Labute approximate surface area is 240 Å². The van der Waals surface area contributed by atoms with Crippen LogP contribution in [-0.4, -0.2) is 34.6 Å². The first kappa shape index (κ1) is 27.8. The molecule has 0 spiro atoms. The molecule has 210 valence electrons. The molecule has 4 aromatic carbocycles. The molecule has 0 saturated heterocycles. The summed E-state index contributed by atoms with van der Waals surface area (Å²) in [6.07, 6.45) is 1.46. The van der Waals surface area contributed by atoms with Crippen molar-refractivity contribution in [3.8, 4) is 22.6 Å². The highest BCUT2D eigenvalue weighted by atomic mass is 16.6. The second kappa shape index (κ2) is 12.2. The summed E-state index contributed by atoms with van der Waals surface area (Å²) in [6, 6.07) is 25.5. The van der Waals surface area contributed by atoms with Crippen molar-refractivity contribution in [3.05, 3.63) is 123 Å². The number of H-pyrrole nitrogens is 1. The van der Waals surface area contributed by atoms with Gasteiger partial charge in [-0.25, -0.2) is 10.2 Å². The molecule has 1 aromatic heterocycles. The predicted molar refractivity (Wildman–Crippen MR) is 159 cm³/mol. The lowest BCUT2D eigenvalue weighted by molar-refractivity contribution is -0.384. The SMILES string of the molecule is CCOc1cc(C=NNC(=O)c2[nH]c3c(C)cccc3c2-c2ccccc2)ccc1OC(=O)c1ccc([N+](=O)[O-])cc1. The van der Waals surface area contributed by atoms with Crippen molar-refractivity contribution in [3.63, 3.8) is 0 Å². The van der Waals surface area contributed by atoms with Crippen LogP contribution < -0.4 is 14.9 Å². The number of ether oxygens (including phenoxy) is 2. The summed E-state index contributed by atoms with van der Waals surface area (Å²) >= 11 is 0. The van der Waals surface area contributed by atoms with E-state index < -0.39 is 16.8 Å². The van der Waals surface area contributed by atoms with E-state index in [9.17, 15) is 19.7 Å². The van der Waals surface area contributed by atoms with E-state index in [1.807, 2.05) is 55.5 Å². The van der Waals surface area contributed by atoms with Crippen molar-refractivity contribution in [2.45, 2.75) is 13.8 Å². The maximum atomic E-state index is 13.3. The number of amides is 1. The number of rotatable bonds is 9. The van der Waals surface area contributed by atoms with Crippen LogP contribution in [0.2, 0.25) is 0 Å². The van der Waals surface area contributed by atoms with Gasteiger partial charge in [-0.05, 0) is 60.9 Å². The third-order valence-electron chi connectivity index (χ3n) is 6.50. The number of carbonyl (C=O) groups excluding carboxylic acids is 2. The first-order chi connectivity index (χ1) is 20.4. The van der Waals surface area contributed by atoms with Gasteiger partial charge in [-0.3, -0.25) is 14.9 Å². The van der Waals surface area contributed by atoms with Gasteiger partial charge in [0, 0.05) is 28.6 Å². The maximum absolute atomic E-state index is 13.3. The van der Waals surface area contributed by atoms with Crippen molar-refractivity contribution >= 4 is 34.7 Å². The quantitative estimate of drug-likeness (QED) is 0.0698. The molecule has 5 rings (SSSR count). The molecule has 0 aliphatic rings. The van der Waals surface area contributed by atoms with Gasteiger partial charge in [0.15, 0.2) is 11.5 Å². The molecule has 2 N–H and O–H groups in total. The van der Waals surface area contributed by atoms with Crippen molar-refractivity contribution in [1.82, 2.24) is 10.4 Å². The lowest BCUT2D eigenvalue weighted by Gasteiger charge is -2.11. The summed E-state index contributed by atoms with van der Waals surface area (Å²) < 4.78 is 11.1. The number of nitrogens with one attached hydrogen (secondary N) is 2. The number of hydrazone groups is 1. The fraction of sp³-hybridized carbons (Fsp3) is 0.0938. The first-order valence-electron chi connectivity index (χ1n) is 13.1. The molecule has 0 saturated carbocycles. The van der Waals surface area contributed by atoms with Gasteiger partial charge in [0.2, 0.25) is 0 Å². The fourth-order valence-electron chi connectivity index (χ4n) is 4.50. The number of aryl methyl sites for hydroxylation is 1. The van der Waals surface area contributed by atoms with Crippen molar-refractivity contribution in [2.75, 3.05) is 6.61 Å². The number of carbonyl (C=O) groups is 2. The van der Waals surface area contributed by atoms with Gasteiger partial charge in [-0.2, -0.15) is 5.10 Å². The molecule has 0 bridgehead atoms. The lowest BCUT2D eigenvalue weighted by atomic mass is 10.0. The van der Waals surface area contributed by atoms with Crippen LogP contribution in [0.15, 0.2) is 96.1 Å². The van der Waals surface area contributed by atoms with Crippen LogP contribution in [0.3, 0.4) is 0 Å². The van der Waals surface area contributed by atoms with Crippen molar-refractivity contribution in [2.24, 2.45) is 5.10 Å². The van der Waals surface area contributed by atoms with Gasteiger partial charge < -0.3 is 14.5 Å². The molecule has 10 heteroatoms. The highest BCUT2D eigenvalue weighted by Gasteiger charge is 2.20. The summed E-state index contributed by atoms with van der Waals surface area (Å²) in [5.74, 6) is -0.635. The van der Waals surface area contributed by atoms with Gasteiger partial charge in [-0.15, -0.1) is 0 Å². The molecular weight excluding hydrogens is 536 g/mol. The zero-order valence-electron chi connectivity index (χ0n) is 22.8. The van der Waals surface area contributed by atoms with Crippen LogP contribution in [0.4, 0.5) is 5.69 Å². The average Bonchev–Trinajstić information content (AvgIpc) is 3.40.